The molecule has 2 saturated heterocycles. The Morgan fingerprint density at radius 1 is 1.23 bits per heavy atom. The van der Waals surface area contributed by atoms with Crippen LogP contribution in [0.2, 0.25) is 0 Å². The molecule has 0 bridgehead atoms. The van der Waals surface area contributed by atoms with Crippen molar-refractivity contribution in [2.45, 2.75) is 31.4 Å². The van der Waals surface area contributed by atoms with Gasteiger partial charge in [0.25, 0.3) is 16.1 Å². The summed E-state index contributed by atoms with van der Waals surface area (Å²) < 4.78 is 32.8. The van der Waals surface area contributed by atoms with Crippen molar-refractivity contribution >= 4 is 33.3 Å². The number of rotatable bonds is 7. The SMILES string of the molecule is COCCC1CCN(c2cc(C3CN(C)S(=O)(=O)N(C)C3)ccc2NC(=O)C2=NCC(O)N2)CC1. The smallest absolute Gasteiger partial charge is 0.290 e. The summed E-state index contributed by atoms with van der Waals surface area (Å²) in [6, 6.07) is 5.91. The number of nitrogens with one attached hydrogen (secondary N) is 2. The predicted octanol–water partition coefficient (Wildman–Crippen LogP) is 0.404. The van der Waals surface area contributed by atoms with E-state index in [9.17, 15) is 18.3 Å². The lowest BCUT2D eigenvalue weighted by Crippen LogP contribution is -2.49. The van der Waals surface area contributed by atoms with Crippen LogP contribution in [0.4, 0.5) is 11.4 Å². The van der Waals surface area contributed by atoms with Crippen molar-refractivity contribution in [3.63, 3.8) is 0 Å². The number of amides is 1. The molecule has 1 atom stereocenters. The van der Waals surface area contributed by atoms with Gasteiger partial charge in [-0.3, -0.25) is 9.79 Å². The van der Waals surface area contributed by atoms with Gasteiger partial charge in [-0.05, 0) is 42.9 Å². The summed E-state index contributed by atoms with van der Waals surface area (Å²) in [5.74, 6) is 0.337. The first-order chi connectivity index (χ1) is 16.7. The van der Waals surface area contributed by atoms with Crippen LogP contribution in [-0.4, -0.2) is 101 Å². The van der Waals surface area contributed by atoms with Crippen molar-refractivity contribution in [2.24, 2.45) is 10.9 Å². The summed E-state index contributed by atoms with van der Waals surface area (Å²) in [5, 5.41) is 15.3. The lowest BCUT2D eigenvalue weighted by Gasteiger charge is -2.37. The van der Waals surface area contributed by atoms with Crippen LogP contribution in [0.3, 0.4) is 0 Å². The van der Waals surface area contributed by atoms with Crippen LogP contribution < -0.4 is 15.5 Å². The molecule has 3 heterocycles. The Morgan fingerprint density at radius 3 is 2.51 bits per heavy atom. The molecule has 2 fully saturated rings. The summed E-state index contributed by atoms with van der Waals surface area (Å²) in [6.07, 6.45) is 2.26. The second-order valence-corrected chi connectivity index (χ2v) is 11.7. The number of likely N-dealkylation sites (N-methyl/N-ethyl adjacent to an activating group) is 2. The van der Waals surface area contributed by atoms with Crippen LogP contribution in [0.1, 0.15) is 30.7 Å². The van der Waals surface area contributed by atoms with Gasteiger partial charge in [-0.15, -0.1) is 0 Å². The Bertz CT molecular complexity index is 1040. The molecule has 0 aliphatic carbocycles. The highest BCUT2D eigenvalue weighted by atomic mass is 32.2. The van der Waals surface area contributed by atoms with Crippen LogP contribution in [0.5, 0.6) is 0 Å². The van der Waals surface area contributed by atoms with Gasteiger partial charge < -0.3 is 25.4 Å². The average Bonchev–Trinajstić information content (AvgIpc) is 3.28. The van der Waals surface area contributed by atoms with Gasteiger partial charge in [0.2, 0.25) is 0 Å². The zero-order valence-electron chi connectivity index (χ0n) is 20.6. The first kappa shape index (κ1) is 25.8. The van der Waals surface area contributed by atoms with Gasteiger partial charge in [0, 0.05) is 59.9 Å². The van der Waals surface area contributed by atoms with E-state index in [-0.39, 0.29) is 18.3 Å². The molecule has 0 saturated carbocycles. The summed E-state index contributed by atoms with van der Waals surface area (Å²) in [4.78, 5) is 19.1. The fourth-order valence-corrected chi connectivity index (χ4v) is 6.19. The minimum absolute atomic E-state index is 0.00675. The lowest BCUT2D eigenvalue weighted by atomic mass is 9.92. The molecule has 1 aromatic carbocycles. The summed E-state index contributed by atoms with van der Waals surface area (Å²) in [7, 11) is 1.51. The fourth-order valence-electron chi connectivity index (χ4n) is 4.98. The zero-order valence-corrected chi connectivity index (χ0v) is 21.4. The van der Waals surface area contributed by atoms with Crippen LogP contribution >= 0.6 is 0 Å². The number of methoxy groups -OCH3 is 1. The van der Waals surface area contributed by atoms with E-state index in [1.165, 1.54) is 8.61 Å². The topological polar surface area (TPSA) is 127 Å². The van der Waals surface area contributed by atoms with Gasteiger partial charge in [-0.25, -0.2) is 0 Å². The molecule has 1 unspecified atom stereocenters. The van der Waals surface area contributed by atoms with Gasteiger partial charge in [0.15, 0.2) is 5.84 Å². The molecule has 3 aliphatic heterocycles. The van der Waals surface area contributed by atoms with Crippen molar-refractivity contribution in [2.75, 3.05) is 70.8 Å². The zero-order chi connectivity index (χ0) is 25.2. The normalized spacial score (nSPS) is 24.3. The van der Waals surface area contributed by atoms with E-state index in [4.69, 9.17) is 4.74 Å². The number of anilines is 2. The third kappa shape index (κ3) is 5.78. The first-order valence-electron chi connectivity index (χ1n) is 12.0. The third-order valence-corrected chi connectivity index (χ3v) is 8.98. The molecule has 11 nitrogen and oxygen atoms in total. The number of carbonyl (C=O) groups excluding carboxylic acids is 1. The Morgan fingerprint density at radius 2 is 1.91 bits per heavy atom. The van der Waals surface area contributed by atoms with Crippen LogP contribution in [0.15, 0.2) is 23.2 Å². The number of aliphatic hydroxyl groups is 1. The third-order valence-electron chi connectivity index (χ3n) is 7.11. The Hall–Kier alpha value is -2.25. The molecule has 0 aromatic heterocycles. The lowest BCUT2D eigenvalue weighted by molar-refractivity contribution is -0.110. The van der Waals surface area contributed by atoms with Gasteiger partial charge in [-0.1, -0.05) is 6.07 Å². The number of carbonyl (C=O) groups is 1. The van der Waals surface area contributed by atoms with Crippen molar-refractivity contribution < 1.29 is 23.1 Å². The van der Waals surface area contributed by atoms with Crippen molar-refractivity contribution in [3.05, 3.63) is 23.8 Å². The van der Waals surface area contributed by atoms with Crippen LogP contribution in [0.25, 0.3) is 0 Å². The summed E-state index contributed by atoms with van der Waals surface area (Å²) >= 11 is 0. The van der Waals surface area contributed by atoms with E-state index in [2.05, 4.69) is 26.6 Å². The van der Waals surface area contributed by atoms with Crippen molar-refractivity contribution in [1.82, 2.24) is 13.9 Å². The fraction of sp³-hybridized carbons (Fsp3) is 0.652. The average molecular weight is 509 g/mol. The van der Waals surface area contributed by atoms with E-state index in [1.807, 2.05) is 12.1 Å². The maximum atomic E-state index is 12.8. The highest BCUT2D eigenvalue weighted by molar-refractivity contribution is 7.86. The minimum Gasteiger partial charge on any atom is -0.385 e. The quantitative estimate of drug-likeness (QED) is 0.487. The van der Waals surface area contributed by atoms with Crippen molar-refractivity contribution in [3.8, 4) is 0 Å². The largest absolute Gasteiger partial charge is 0.385 e. The number of piperidine rings is 1. The number of benzene rings is 1. The maximum Gasteiger partial charge on any atom is 0.290 e. The minimum atomic E-state index is -3.42. The molecule has 35 heavy (non-hydrogen) atoms. The highest BCUT2D eigenvalue weighted by Crippen LogP contribution is 2.35. The molecule has 0 spiro atoms. The Balaban J connectivity index is 1.57. The molecule has 3 aliphatic rings. The van der Waals surface area contributed by atoms with Gasteiger partial charge in [-0.2, -0.15) is 17.0 Å². The number of hydrogen-bond acceptors (Lipinski definition) is 8. The molecule has 1 amide bonds. The number of amidine groups is 1. The van der Waals surface area contributed by atoms with E-state index in [0.29, 0.717) is 24.7 Å². The molecule has 4 rings (SSSR count). The number of nitrogens with zero attached hydrogens (tertiary/aromatic N) is 4. The van der Waals surface area contributed by atoms with Crippen molar-refractivity contribution in [1.29, 1.82) is 0 Å². The molecular weight excluding hydrogens is 472 g/mol. The number of hydrogen-bond donors (Lipinski definition) is 3. The standard InChI is InChI=1S/C23H36N6O5S/c1-27-14-18(15-28(2)35(27,32)33)17-4-5-19(25-23(31)22-24-13-21(30)26-22)20(12-17)29-9-6-16(7-10-29)8-11-34-3/h4-5,12,16,18,21,30H,6-11,13-15H2,1-3H3,(H,24,26)(H,25,31). The molecule has 1 aromatic rings. The maximum absolute atomic E-state index is 12.8. The van der Waals surface area contributed by atoms with Crippen LogP contribution in [0, 0.1) is 5.92 Å². The molecule has 12 heteroatoms. The molecule has 0 radical (unpaired) electrons. The van der Waals surface area contributed by atoms with E-state index in [1.54, 1.807) is 21.2 Å². The van der Waals surface area contributed by atoms with Gasteiger partial charge in [0.05, 0.1) is 17.9 Å². The molecule has 194 valence electrons. The number of aliphatic imine (C=N–C) groups is 1. The van der Waals surface area contributed by atoms with E-state index in [0.717, 1.165) is 50.2 Å². The second-order valence-electron chi connectivity index (χ2n) is 9.56. The molecule has 3 N–H and O–H groups in total. The van der Waals surface area contributed by atoms with Crippen LogP contribution in [-0.2, 0) is 19.7 Å². The second kappa shape index (κ2) is 10.8. The summed E-state index contributed by atoms with van der Waals surface area (Å²) in [6.45, 7) is 3.42. The Kier molecular flexibility index (Phi) is 7.96. The highest BCUT2D eigenvalue weighted by Gasteiger charge is 2.35. The van der Waals surface area contributed by atoms with E-state index < -0.39 is 22.3 Å². The molecular formula is C23H36N6O5S. The van der Waals surface area contributed by atoms with E-state index >= 15 is 0 Å². The number of aliphatic hydroxyl groups excluding tert-OH is 1. The Labute approximate surface area is 207 Å². The monoisotopic (exact) mass is 508 g/mol. The number of ether oxygens (including phenoxy) is 1. The van der Waals surface area contributed by atoms with Gasteiger partial charge in [0.1, 0.15) is 6.23 Å². The summed E-state index contributed by atoms with van der Waals surface area (Å²) in [5.41, 5.74) is 2.61. The first-order valence-corrected chi connectivity index (χ1v) is 13.4. The predicted molar refractivity (Wildman–Crippen MR) is 135 cm³/mol. The van der Waals surface area contributed by atoms with Gasteiger partial charge >= 0.3 is 0 Å².